The van der Waals surface area contributed by atoms with Crippen LogP contribution in [0.4, 0.5) is 4.39 Å². The summed E-state index contributed by atoms with van der Waals surface area (Å²) in [4.78, 5) is 18.8. The molecule has 2 aromatic carbocycles. The van der Waals surface area contributed by atoms with E-state index >= 15 is 0 Å². The van der Waals surface area contributed by atoms with Crippen LogP contribution in [0.25, 0.3) is 0 Å². The zero-order chi connectivity index (χ0) is 20.1. The molecule has 0 radical (unpaired) electrons. The predicted molar refractivity (Wildman–Crippen MR) is 109 cm³/mol. The number of imidazole rings is 1. The monoisotopic (exact) mass is 377 g/mol. The first-order chi connectivity index (χ1) is 13.5. The molecule has 5 heteroatoms. The average Bonchev–Trinajstić information content (AvgIpc) is 3.11. The van der Waals surface area contributed by atoms with Crippen LogP contribution >= 0.6 is 0 Å². The lowest BCUT2D eigenvalue weighted by Gasteiger charge is -2.22. The standard InChI is InChI=1S/C23H24FN3O/c1-4-12-27(23(28)20-7-5-6-8-21(20)24)16-22-25-11-13-26(22)15-19-14-17(2)9-10-18(19)3/h4-11,13-14H,1,12,15-16H2,2-3H3. The normalized spacial score (nSPS) is 10.7. The molecule has 0 spiro atoms. The molecule has 4 nitrogen and oxygen atoms in total. The van der Waals surface area contributed by atoms with Crippen LogP contribution in [0.5, 0.6) is 0 Å². The largest absolute Gasteiger partial charge is 0.329 e. The van der Waals surface area contributed by atoms with Gasteiger partial charge in [-0.15, -0.1) is 6.58 Å². The summed E-state index contributed by atoms with van der Waals surface area (Å²) in [6.07, 6.45) is 5.26. The number of aromatic nitrogens is 2. The molecule has 0 aliphatic heterocycles. The van der Waals surface area contributed by atoms with Gasteiger partial charge in [-0.25, -0.2) is 9.37 Å². The molecule has 1 amide bonds. The highest BCUT2D eigenvalue weighted by molar-refractivity contribution is 5.94. The molecule has 0 aliphatic carbocycles. The number of hydrogen-bond acceptors (Lipinski definition) is 2. The van der Waals surface area contributed by atoms with Crippen molar-refractivity contribution in [2.45, 2.75) is 26.9 Å². The van der Waals surface area contributed by atoms with E-state index < -0.39 is 5.82 Å². The molecule has 1 heterocycles. The Labute approximate surface area is 165 Å². The quantitative estimate of drug-likeness (QED) is 0.568. The first kappa shape index (κ1) is 19.5. The molecular weight excluding hydrogens is 353 g/mol. The second kappa shape index (κ2) is 8.65. The van der Waals surface area contributed by atoms with Crippen molar-refractivity contribution >= 4 is 5.91 Å². The lowest BCUT2D eigenvalue weighted by atomic mass is 10.1. The molecule has 1 aromatic heterocycles. The maximum atomic E-state index is 14.1. The number of benzene rings is 2. The molecule has 0 unspecified atom stereocenters. The van der Waals surface area contributed by atoms with Crippen LogP contribution in [0.15, 0.2) is 67.5 Å². The first-order valence-corrected chi connectivity index (χ1v) is 9.20. The molecule has 144 valence electrons. The van der Waals surface area contributed by atoms with Gasteiger partial charge in [0.15, 0.2) is 0 Å². The summed E-state index contributed by atoms with van der Waals surface area (Å²) in [5, 5.41) is 0. The van der Waals surface area contributed by atoms with Crippen molar-refractivity contribution in [3.63, 3.8) is 0 Å². The second-order valence-corrected chi connectivity index (χ2v) is 6.86. The van der Waals surface area contributed by atoms with E-state index in [0.29, 0.717) is 13.1 Å². The predicted octanol–water partition coefficient (Wildman–Crippen LogP) is 4.52. The third kappa shape index (κ3) is 4.36. The van der Waals surface area contributed by atoms with E-state index in [1.54, 1.807) is 29.3 Å². The molecule has 0 saturated heterocycles. The van der Waals surface area contributed by atoms with Crippen LogP contribution in [0.2, 0.25) is 0 Å². The Kier molecular flexibility index (Phi) is 6.04. The molecule has 0 N–H and O–H groups in total. The van der Waals surface area contributed by atoms with E-state index in [2.05, 4.69) is 43.6 Å². The van der Waals surface area contributed by atoms with Gasteiger partial charge in [-0.3, -0.25) is 4.79 Å². The number of nitrogens with zero attached hydrogens (tertiary/aromatic N) is 3. The Morgan fingerprint density at radius 2 is 2.04 bits per heavy atom. The zero-order valence-electron chi connectivity index (χ0n) is 16.2. The van der Waals surface area contributed by atoms with Crippen LogP contribution in [0.3, 0.4) is 0 Å². The van der Waals surface area contributed by atoms with E-state index in [4.69, 9.17) is 0 Å². The Balaban J connectivity index is 1.84. The molecule has 0 fully saturated rings. The fourth-order valence-corrected chi connectivity index (χ4v) is 3.14. The van der Waals surface area contributed by atoms with Gasteiger partial charge in [-0.1, -0.05) is 42.0 Å². The fourth-order valence-electron chi connectivity index (χ4n) is 3.14. The van der Waals surface area contributed by atoms with Crippen molar-refractivity contribution in [1.29, 1.82) is 0 Å². The highest BCUT2D eigenvalue weighted by atomic mass is 19.1. The molecule has 0 saturated carbocycles. The number of rotatable bonds is 7. The minimum absolute atomic E-state index is 0.0528. The van der Waals surface area contributed by atoms with Gasteiger partial charge in [0.1, 0.15) is 11.6 Å². The Bertz CT molecular complexity index is 993. The van der Waals surface area contributed by atoms with E-state index in [1.165, 1.54) is 28.8 Å². The number of amides is 1. The van der Waals surface area contributed by atoms with E-state index in [-0.39, 0.29) is 18.0 Å². The van der Waals surface area contributed by atoms with Crippen LogP contribution < -0.4 is 0 Å². The fraction of sp³-hybridized carbons (Fsp3) is 0.217. The van der Waals surface area contributed by atoms with Crippen molar-refractivity contribution in [1.82, 2.24) is 14.5 Å². The van der Waals surface area contributed by atoms with E-state index in [0.717, 1.165) is 5.82 Å². The third-order valence-corrected chi connectivity index (χ3v) is 4.72. The van der Waals surface area contributed by atoms with E-state index in [9.17, 15) is 9.18 Å². The minimum atomic E-state index is -0.528. The lowest BCUT2D eigenvalue weighted by Crippen LogP contribution is -2.32. The topological polar surface area (TPSA) is 38.1 Å². The molecule has 0 atom stereocenters. The van der Waals surface area contributed by atoms with Gasteiger partial charge < -0.3 is 9.47 Å². The number of carbonyl (C=O) groups is 1. The number of aryl methyl sites for hydroxylation is 2. The third-order valence-electron chi connectivity index (χ3n) is 4.72. The molecule has 3 aromatic rings. The second-order valence-electron chi connectivity index (χ2n) is 6.86. The van der Waals surface area contributed by atoms with Gasteiger partial charge in [0.2, 0.25) is 0 Å². The Morgan fingerprint density at radius 1 is 1.25 bits per heavy atom. The highest BCUT2D eigenvalue weighted by Gasteiger charge is 2.20. The summed E-state index contributed by atoms with van der Waals surface area (Å²) in [6, 6.07) is 12.4. The van der Waals surface area contributed by atoms with Crippen molar-refractivity contribution in [2.24, 2.45) is 0 Å². The lowest BCUT2D eigenvalue weighted by molar-refractivity contribution is 0.0752. The van der Waals surface area contributed by atoms with Gasteiger partial charge in [0, 0.05) is 25.5 Å². The number of halogens is 1. The van der Waals surface area contributed by atoms with Crippen LogP contribution in [0, 0.1) is 19.7 Å². The van der Waals surface area contributed by atoms with Crippen molar-refractivity contribution in [3.05, 3.63) is 101 Å². The molecule has 0 bridgehead atoms. The molecule has 0 aliphatic rings. The molecule has 3 rings (SSSR count). The van der Waals surface area contributed by atoms with Crippen molar-refractivity contribution in [3.8, 4) is 0 Å². The zero-order valence-corrected chi connectivity index (χ0v) is 16.2. The number of hydrogen-bond donors (Lipinski definition) is 0. The van der Waals surface area contributed by atoms with Gasteiger partial charge in [0.25, 0.3) is 5.91 Å². The summed E-state index contributed by atoms with van der Waals surface area (Å²) in [7, 11) is 0. The maximum absolute atomic E-state index is 14.1. The first-order valence-electron chi connectivity index (χ1n) is 9.20. The van der Waals surface area contributed by atoms with Gasteiger partial charge in [-0.05, 0) is 37.1 Å². The van der Waals surface area contributed by atoms with Crippen molar-refractivity contribution < 1.29 is 9.18 Å². The van der Waals surface area contributed by atoms with Gasteiger partial charge in [-0.2, -0.15) is 0 Å². The summed E-state index contributed by atoms with van der Waals surface area (Å²) >= 11 is 0. The summed E-state index contributed by atoms with van der Waals surface area (Å²) in [6.45, 7) is 9.12. The van der Waals surface area contributed by atoms with Crippen molar-refractivity contribution in [2.75, 3.05) is 6.54 Å². The van der Waals surface area contributed by atoms with Gasteiger partial charge >= 0.3 is 0 Å². The molecule has 28 heavy (non-hydrogen) atoms. The highest BCUT2D eigenvalue weighted by Crippen LogP contribution is 2.16. The average molecular weight is 377 g/mol. The summed E-state index contributed by atoms with van der Waals surface area (Å²) in [5.74, 6) is -0.160. The number of carbonyl (C=O) groups excluding carboxylic acids is 1. The van der Waals surface area contributed by atoms with E-state index in [1.807, 2.05) is 10.8 Å². The summed E-state index contributed by atoms with van der Waals surface area (Å²) in [5.41, 5.74) is 3.66. The Morgan fingerprint density at radius 3 is 2.79 bits per heavy atom. The Hall–Kier alpha value is -3.21. The van der Waals surface area contributed by atoms with Crippen LogP contribution in [-0.4, -0.2) is 26.9 Å². The maximum Gasteiger partial charge on any atom is 0.257 e. The summed E-state index contributed by atoms with van der Waals surface area (Å²) < 4.78 is 16.1. The van der Waals surface area contributed by atoms with Crippen LogP contribution in [0.1, 0.15) is 32.9 Å². The smallest absolute Gasteiger partial charge is 0.257 e. The van der Waals surface area contributed by atoms with Gasteiger partial charge in [0.05, 0.1) is 12.1 Å². The minimum Gasteiger partial charge on any atom is -0.329 e. The van der Waals surface area contributed by atoms with Crippen LogP contribution in [-0.2, 0) is 13.1 Å². The SMILES string of the molecule is C=CCN(Cc1nccn1Cc1cc(C)ccc1C)C(=O)c1ccccc1F. The molecular formula is C23H24FN3O.